The normalized spacial score (nSPS) is 25.9. The molecule has 3 rings (SSSR count). The van der Waals surface area contributed by atoms with Crippen molar-refractivity contribution in [3.05, 3.63) is 35.6 Å². The zero-order valence-corrected chi connectivity index (χ0v) is 14.2. The van der Waals surface area contributed by atoms with Gasteiger partial charge in [0.05, 0.1) is 12.0 Å². The molecule has 24 heavy (non-hydrogen) atoms. The van der Waals surface area contributed by atoms with Crippen LogP contribution in [0.1, 0.15) is 24.4 Å². The highest BCUT2D eigenvalue weighted by Gasteiger charge is 2.41. The molecule has 130 valence electrons. The topological polar surface area (TPSA) is 43.9 Å². The van der Waals surface area contributed by atoms with Crippen molar-refractivity contribution in [2.45, 2.75) is 18.9 Å². The minimum Gasteiger partial charge on any atom is -0.340 e. The number of piperazine rings is 1. The molecule has 2 atom stereocenters. The second kappa shape index (κ2) is 6.89. The van der Waals surface area contributed by atoms with Crippen LogP contribution < -0.4 is 0 Å². The molecule has 2 saturated heterocycles. The third-order valence-electron chi connectivity index (χ3n) is 5.18. The van der Waals surface area contributed by atoms with Crippen molar-refractivity contribution in [1.82, 2.24) is 14.7 Å². The molecular weight excluding hydrogens is 309 g/mol. The van der Waals surface area contributed by atoms with Crippen LogP contribution in [0.15, 0.2) is 24.3 Å². The third kappa shape index (κ3) is 3.29. The fourth-order valence-corrected chi connectivity index (χ4v) is 3.70. The molecule has 2 fully saturated rings. The van der Waals surface area contributed by atoms with E-state index in [4.69, 9.17) is 0 Å². The van der Waals surface area contributed by atoms with Crippen LogP contribution in [0.2, 0.25) is 0 Å². The zero-order chi connectivity index (χ0) is 17.3. The molecule has 0 aliphatic carbocycles. The second-order valence-corrected chi connectivity index (χ2v) is 6.78. The molecule has 1 aromatic rings. The number of hydrogen-bond donors (Lipinski definition) is 0. The van der Waals surface area contributed by atoms with Crippen LogP contribution in [0.3, 0.4) is 0 Å². The maximum absolute atomic E-state index is 13.7. The smallest absolute Gasteiger partial charge is 0.228 e. The molecular formula is C18H24FN3O2. The SMILES string of the molecule is CN1CCN(C(=O)[C@@H]2CCC(=O)N(C)[C@@H]2c2cccc(F)c2)CC1. The molecule has 6 heteroatoms. The summed E-state index contributed by atoms with van der Waals surface area (Å²) < 4.78 is 13.7. The van der Waals surface area contributed by atoms with Crippen molar-refractivity contribution >= 4 is 11.8 Å². The minimum atomic E-state index is -0.394. The predicted molar refractivity (Wildman–Crippen MR) is 88.7 cm³/mol. The van der Waals surface area contributed by atoms with Crippen LogP contribution in [-0.2, 0) is 9.59 Å². The summed E-state index contributed by atoms with van der Waals surface area (Å²) in [6, 6.07) is 5.85. The Morgan fingerprint density at radius 2 is 1.88 bits per heavy atom. The summed E-state index contributed by atoms with van der Waals surface area (Å²) in [6.45, 7) is 3.13. The monoisotopic (exact) mass is 333 g/mol. The van der Waals surface area contributed by atoms with Gasteiger partial charge in [0.2, 0.25) is 11.8 Å². The van der Waals surface area contributed by atoms with Crippen LogP contribution in [0.4, 0.5) is 4.39 Å². The number of rotatable bonds is 2. The highest BCUT2D eigenvalue weighted by molar-refractivity contribution is 5.85. The van der Waals surface area contributed by atoms with Gasteiger partial charge < -0.3 is 14.7 Å². The fraction of sp³-hybridized carbons (Fsp3) is 0.556. The summed E-state index contributed by atoms with van der Waals surface area (Å²) in [4.78, 5) is 30.9. The van der Waals surface area contributed by atoms with Crippen molar-refractivity contribution < 1.29 is 14.0 Å². The Balaban J connectivity index is 1.86. The average molecular weight is 333 g/mol. The number of nitrogens with zero attached hydrogens (tertiary/aromatic N) is 3. The number of likely N-dealkylation sites (N-methyl/N-ethyl adjacent to an activating group) is 1. The summed E-state index contributed by atoms with van der Waals surface area (Å²) in [5, 5.41) is 0. The van der Waals surface area contributed by atoms with Gasteiger partial charge in [0, 0.05) is 39.6 Å². The molecule has 0 bridgehead atoms. The first-order valence-corrected chi connectivity index (χ1v) is 8.46. The maximum atomic E-state index is 13.7. The summed E-state index contributed by atoms with van der Waals surface area (Å²) in [5.74, 6) is -0.564. The van der Waals surface area contributed by atoms with E-state index < -0.39 is 6.04 Å². The number of piperidine rings is 1. The Bertz CT molecular complexity index is 628. The largest absolute Gasteiger partial charge is 0.340 e. The van der Waals surface area contributed by atoms with Crippen LogP contribution in [0, 0.1) is 11.7 Å². The van der Waals surface area contributed by atoms with Crippen LogP contribution in [0.25, 0.3) is 0 Å². The lowest BCUT2D eigenvalue weighted by molar-refractivity contribution is -0.147. The maximum Gasteiger partial charge on any atom is 0.228 e. The van der Waals surface area contributed by atoms with Gasteiger partial charge in [0.25, 0.3) is 0 Å². The first-order valence-electron chi connectivity index (χ1n) is 8.46. The zero-order valence-electron chi connectivity index (χ0n) is 14.2. The van der Waals surface area contributed by atoms with E-state index in [-0.39, 0.29) is 23.5 Å². The summed E-state index contributed by atoms with van der Waals surface area (Å²) in [7, 11) is 3.76. The van der Waals surface area contributed by atoms with Gasteiger partial charge in [-0.2, -0.15) is 0 Å². The number of carbonyl (C=O) groups is 2. The van der Waals surface area contributed by atoms with E-state index in [1.54, 1.807) is 24.1 Å². The Morgan fingerprint density at radius 3 is 2.54 bits per heavy atom. The van der Waals surface area contributed by atoms with Gasteiger partial charge in [0.15, 0.2) is 0 Å². The van der Waals surface area contributed by atoms with Crippen LogP contribution in [-0.4, -0.2) is 66.8 Å². The van der Waals surface area contributed by atoms with Gasteiger partial charge in [-0.1, -0.05) is 12.1 Å². The summed E-state index contributed by atoms with van der Waals surface area (Å²) >= 11 is 0. The van der Waals surface area contributed by atoms with Crippen molar-refractivity contribution in [3.8, 4) is 0 Å². The molecule has 0 saturated carbocycles. The molecule has 2 aliphatic rings. The molecule has 0 spiro atoms. The number of likely N-dealkylation sites (tertiary alicyclic amines) is 1. The summed E-state index contributed by atoms with van der Waals surface area (Å²) in [5.41, 5.74) is 0.693. The Labute approximate surface area is 142 Å². The van der Waals surface area contributed by atoms with E-state index >= 15 is 0 Å². The lowest BCUT2D eigenvalue weighted by atomic mass is 9.83. The van der Waals surface area contributed by atoms with Crippen LogP contribution in [0.5, 0.6) is 0 Å². The molecule has 2 aliphatic heterocycles. The van der Waals surface area contributed by atoms with Crippen LogP contribution >= 0.6 is 0 Å². The molecule has 2 heterocycles. The summed E-state index contributed by atoms with van der Waals surface area (Å²) in [6.07, 6.45) is 0.891. The van der Waals surface area contributed by atoms with Crippen molar-refractivity contribution in [3.63, 3.8) is 0 Å². The third-order valence-corrected chi connectivity index (χ3v) is 5.18. The predicted octanol–water partition coefficient (Wildman–Crippen LogP) is 1.51. The van der Waals surface area contributed by atoms with E-state index in [0.29, 0.717) is 31.5 Å². The highest BCUT2D eigenvalue weighted by atomic mass is 19.1. The molecule has 5 nitrogen and oxygen atoms in total. The van der Waals surface area contributed by atoms with E-state index in [1.807, 2.05) is 11.9 Å². The number of hydrogen-bond acceptors (Lipinski definition) is 3. The number of halogens is 1. The standard InChI is InChI=1S/C18H24FN3O2/c1-20-8-10-22(11-9-20)18(24)15-6-7-16(23)21(2)17(15)13-4-3-5-14(19)12-13/h3-5,12,15,17H,6-11H2,1-2H3/t15-,17-/m1/s1. The van der Waals surface area contributed by atoms with E-state index in [2.05, 4.69) is 4.90 Å². The molecule has 2 amide bonds. The first-order chi connectivity index (χ1) is 11.5. The van der Waals surface area contributed by atoms with Gasteiger partial charge >= 0.3 is 0 Å². The lowest BCUT2D eigenvalue weighted by Crippen LogP contribution is -2.52. The van der Waals surface area contributed by atoms with Gasteiger partial charge in [-0.25, -0.2) is 4.39 Å². The molecule has 0 radical (unpaired) electrons. The Hall–Kier alpha value is -1.95. The Morgan fingerprint density at radius 1 is 1.17 bits per heavy atom. The first kappa shape index (κ1) is 16.9. The van der Waals surface area contributed by atoms with Gasteiger partial charge in [0.1, 0.15) is 5.82 Å². The minimum absolute atomic E-state index is 0.00619. The fourth-order valence-electron chi connectivity index (χ4n) is 3.70. The van der Waals surface area contributed by atoms with Gasteiger partial charge in [-0.3, -0.25) is 9.59 Å². The number of carbonyl (C=O) groups excluding carboxylic acids is 2. The molecule has 0 unspecified atom stereocenters. The second-order valence-electron chi connectivity index (χ2n) is 6.78. The quantitative estimate of drug-likeness (QED) is 0.824. The van der Waals surface area contributed by atoms with Gasteiger partial charge in [-0.05, 0) is 31.2 Å². The molecule has 0 aromatic heterocycles. The average Bonchev–Trinajstić information content (AvgIpc) is 2.57. The number of amides is 2. The van der Waals surface area contributed by atoms with E-state index in [9.17, 15) is 14.0 Å². The highest BCUT2D eigenvalue weighted by Crippen LogP contribution is 2.37. The van der Waals surface area contributed by atoms with E-state index in [0.717, 1.165) is 13.1 Å². The van der Waals surface area contributed by atoms with Crippen molar-refractivity contribution in [2.75, 3.05) is 40.3 Å². The van der Waals surface area contributed by atoms with Crippen molar-refractivity contribution in [2.24, 2.45) is 5.92 Å². The Kier molecular flexibility index (Phi) is 4.85. The van der Waals surface area contributed by atoms with Gasteiger partial charge in [-0.15, -0.1) is 0 Å². The van der Waals surface area contributed by atoms with Crippen molar-refractivity contribution in [1.29, 1.82) is 0 Å². The lowest BCUT2D eigenvalue weighted by Gasteiger charge is -2.42. The molecule has 0 N–H and O–H groups in total. The van der Waals surface area contributed by atoms with E-state index in [1.165, 1.54) is 12.1 Å². The molecule has 1 aromatic carbocycles. The number of benzene rings is 1.